The summed E-state index contributed by atoms with van der Waals surface area (Å²) in [6, 6.07) is 19.1. The third-order valence-corrected chi connectivity index (χ3v) is 5.31. The van der Waals surface area contributed by atoms with E-state index >= 15 is 0 Å². The standard InChI is InChI=1S/C25H19NO7/c1-30-25(29)22-24(28)17-9-8-16(33-15-5-3-2-4-6-15)12-18(17)21(26-22)23(27)14-7-10-19-20(11-14)32-13-31-19/h2-12,23,27-28H,13H2,1H3. The molecule has 2 heterocycles. The minimum absolute atomic E-state index is 0.0992. The van der Waals surface area contributed by atoms with Crippen molar-refractivity contribution in [3.63, 3.8) is 0 Å². The number of aliphatic hydroxyl groups excluding tert-OH is 1. The molecule has 8 heteroatoms. The molecule has 166 valence electrons. The van der Waals surface area contributed by atoms with Crippen molar-refractivity contribution < 1.29 is 34.0 Å². The molecule has 3 aromatic carbocycles. The molecular weight excluding hydrogens is 426 g/mol. The molecule has 1 atom stereocenters. The summed E-state index contributed by atoms with van der Waals surface area (Å²) in [7, 11) is 1.19. The number of para-hydroxylation sites is 1. The quantitative estimate of drug-likeness (QED) is 0.437. The molecule has 0 amide bonds. The maximum Gasteiger partial charge on any atom is 0.360 e. The highest BCUT2D eigenvalue weighted by Gasteiger charge is 2.26. The first-order valence-electron chi connectivity index (χ1n) is 10.1. The third-order valence-electron chi connectivity index (χ3n) is 5.31. The van der Waals surface area contributed by atoms with Gasteiger partial charge < -0.3 is 29.2 Å². The van der Waals surface area contributed by atoms with Gasteiger partial charge in [0.05, 0.1) is 12.8 Å². The van der Waals surface area contributed by atoms with E-state index in [-0.39, 0.29) is 23.9 Å². The Bertz CT molecular complexity index is 1350. The van der Waals surface area contributed by atoms with Crippen molar-refractivity contribution in [2.75, 3.05) is 13.9 Å². The molecular formula is C25H19NO7. The van der Waals surface area contributed by atoms with Crippen LogP contribution in [0, 0.1) is 0 Å². The summed E-state index contributed by atoms with van der Waals surface area (Å²) >= 11 is 0. The van der Waals surface area contributed by atoms with Crippen molar-refractivity contribution >= 4 is 16.7 Å². The van der Waals surface area contributed by atoms with Crippen molar-refractivity contribution in [3.05, 3.63) is 83.7 Å². The van der Waals surface area contributed by atoms with Crippen molar-refractivity contribution in [1.29, 1.82) is 0 Å². The van der Waals surface area contributed by atoms with E-state index in [4.69, 9.17) is 18.9 Å². The molecule has 1 unspecified atom stereocenters. The van der Waals surface area contributed by atoms with Crippen molar-refractivity contribution in [1.82, 2.24) is 4.98 Å². The van der Waals surface area contributed by atoms with Gasteiger partial charge in [0.25, 0.3) is 0 Å². The van der Waals surface area contributed by atoms with Crippen LogP contribution >= 0.6 is 0 Å². The zero-order valence-electron chi connectivity index (χ0n) is 17.5. The number of aromatic nitrogens is 1. The summed E-state index contributed by atoms with van der Waals surface area (Å²) in [5.74, 6) is 1.00. The lowest BCUT2D eigenvalue weighted by molar-refractivity contribution is 0.0590. The molecule has 0 spiro atoms. The number of nitrogens with zero attached hydrogens (tertiary/aromatic N) is 1. The summed E-state index contributed by atoms with van der Waals surface area (Å²) in [5, 5.41) is 22.7. The summed E-state index contributed by atoms with van der Waals surface area (Å²) in [6.45, 7) is 0.0992. The van der Waals surface area contributed by atoms with Gasteiger partial charge in [-0.2, -0.15) is 0 Å². The van der Waals surface area contributed by atoms with E-state index < -0.39 is 12.1 Å². The van der Waals surface area contributed by atoms with E-state index in [2.05, 4.69) is 4.98 Å². The topological polar surface area (TPSA) is 107 Å². The highest BCUT2D eigenvalue weighted by atomic mass is 16.7. The van der Waals surface area contributed by atoms with Gasteiger partial charge in [-0.05, 0) is 48.0 Å². The highest BCUT2D eigenvalue weighted by molar-refractivity contribution is 6.00. The second-order valence-corrected chi connectivity index (χ2v) is 7.32. The second kappa shape index (κ2) is 8.33. The van der Waals surface area contributed by atoms with Crippen LogP contribution in [0.4, 0.5) is 0 Å². The van der Waals surface area contributed by atoms with Gasteiger partial charge in [-0.25, -0.2) is 9.78 Å². The second-order valence-electron chi connectivity index (χ2n) is 7.32. The summed E-state index contributed by atoms with van der Waals surface area (Å²) in [5.41, 5.74) is 0.334. The predicted molar refractivity (Wildman–Crippen MR) is 118 cm³/mol. The molecule has 2 N–H and O–H groups in total. The molecule has 1 aliphatic heterocycles. The number of carbonyl (C=O) groups is 1. The monoisotopic (exact) mass is 445 g/mol. The Kier molecular flexibility index (Phi) is 5.20. The van der Waals surface area contributed by atoms with Gasteiger partial charge in [0.15, 0.2) is 22.9 Å². The Morgan fingerprint density at radius 1 is 0.970 bits per heavy atom. The number of pyridine rings is 1. The molecule has 5 rings (SSSR count). The maximum atomic E-state index is 12.3. The van der Waals surface area contributed by atoms with Gasteiger partial charge in [0, 0.05) is 10.8 Å². The van der Waals surface area contributed by atoms with Crippen LogP contribution in [0.25, 0.3) is 10.8 Å². The molecule has 1 aromatic heterocycles. The number of rotatable bonds is 5. The first-order chi connectivity index (χ1) is 16.0. The highest BCUT2D eigenvalue weighted by Crippen LogP contribution is 2.40. The molecule has 0 fully saturated rings. The average molecular weight is 445 g/mol. The largest absolute Gasteiger partial charge is 0.505 e. The van der Waals surface area contributed by atoms with Crippen molar-refractivity contribution in [3.8, 4) is 28.7 Å². The lowest BCUT2D eigenvalue weighted by atomic mass is 9.99. The first-order valence-corrected chi connectivity index (χ1v) is 10.1. The number of hydrogen-bond acceptors (Lipinski definition) is 8. The van der Waals surface area contributed by atoms with E-state index in [0.29, 0.717) is 39.3 Å². The molecule has 4 aromatic rings. The Labute approximate surface area is 188 Å². The van der Waals surface area contributed by atoms with Crippen LogP contribution < -0.4 is 14.2 Å². The minimum atomic E-state index is -1.24. The van der Waals surface area contributed by atoms with Crippen LogP contribution in [0.2, 0.25) is 0 Å². The number of ether oxygens (including phenoxy) is 4. The van der Waals surface area contributed by atoms with Crippen molar-refractivity contribution in [2.24, 2.45) is 0 Å². The van der Waals surface area contributed by atoms with Gasteiger partial charge in [0.2, 0.25) is 6.79 Å². The van der Waals surface area contributed by atoms with Gasteiger partial charge in [-0.3, -0.25) is 0 Å². The number of hydrogen-bond donors (Lipinski definition) is 2. The number of esters is 1. The van der Waals surface area contributed by atoms with Gasteiger partial charge >= 0.3 is 5.97 Å². The zero-order chi connectivity index (χ0) is 22.9. The number of methoxy groups -OCH3 is 1. The fourth-order valence-electron chi connectivity index (χ4n) is 3.68. The minimum Gasteiger partial charge on any atom is -0.505 e. The number of carbonyl (C=O) groups excluding carboxylic acids is 1. The molecule has 0 bridgehead atoms. The number of aromatic hydroxyl groups is 1. The third kappa shape index (κ3) is 3.77. The van der Waals surface area contributed by atoms with E-state index in [0.717, 1.165) is 0 Å². The maximum absolute atomic E-state index is 12.3. The van der Waals surface area contributed by atoms with E-state index in [1.54, 1.807) is 36.4 Å². The Hall–Kier alpha value is -4.30. The average Bonchev–Trinajstić information content (AvgIpc) is 3.32. The van der Waals surface area contributed by atoms with Crippen molar-refractivity contribution in [2.45, 2.75) is 6.10 Å². The summed E-state index contributed by atoms with van der Waals surface area (Å²) < 4.78 is 21.4. The van der Waals surface area contributed by atoms with E-state index in [1.807, 2.05) is 30.3 Å². The first kappa shape index (κ1) is 20.6. The molecule has 8 nitrogen and oxygen atoms in total. The number of fused-ring (bicyclic) bond motifs is 2. The van der Waals surface area contributed by atoms with E-state index in [9.17, 15) is 15.0 Å². The smallest absolute Gasteiger partial charge is 0.360 e. The molecule has 0 saturated heterocycles. The van der Waals surface area contributed by atoms with Gasteiger partial charge in [0.1, 0.15) is 17.6 Å². The number of aliphatic hydroxyl groups is 1. The summed E-state index contributed by atoms with van der Waals surface area (Å²) in [6.07, 6.45) is -1.24. The number of benzene rings is 3. The fourth-order valence-corrected chi connectivity index (χ4v) is 3.68. The van der Waals surface area contributed by atoms with Crippen LogP contribution in [0.5, 0.6) is 28.7 Å². The lowest BCUT2D eigenvalue weighted by Gasteiger charge is -2.17. The molecule has 1 aliphatic rings. The van der Waals surface area contributed by atoms with Crippen LogP contribution in [0.15, 0.2) is 66.7 Å². The van der Waals surface area contributed by atoms with Crippen LogP contribution in [-0.4, -0.2) is 35.1 Å². The molecule has 33 heavy (non-hydrogen) atoms. The Morgan fingerprint density at radius 3 is 2.55 bits per heavy atom. The van der Waals surface area contributed by atoms with Gasteiger partial charge in [-0.15, -0.1) is 0 Å². The predicted octanol–water partition coefficient (Wildman–Crippen LogP) is 4.33. The fraction of sp³-hybridized carbons (Fsp3) is 0.120. The van der Waals surface area contributed by atoms with Gasteiger partial charge in [-0.1, -0.05) is 24.3 Å². The van der Waals surface area contributed by atoms with Crippen LogP contribution in [0.3, 0.4) is 0 Å². The molecule has 0 radical (unpaired) electrons. The Morgan fingerprint density at radius 2 is 1.76 bits per heavy atom. The summed E-state index contributed by atoms with van der Waals surface area (Å²) in [4.78, 5) is 16.6. The normalized spacial score (nSPS) is 13.0. The zero-order valence-corrected chi connectivity index (χ0v) is 17.5. The Balaban J connectivity index is 1.66. The SMILES string of the molecule is COC(=O)c1nc(C(O)c2ccc3c(c2)OCO3)c2cc(Oc3ccccc3)ccc2c1O. The van der Waals surface area contributed by atoms with E-state index in [1.165, 1.54) is 7.11 Å². The van der Waals surface area contributed by atoms with Crippen LogP contribution in [-0.2, 0) is 4.74 Å². The molecule has 0 saturated carbocycles. The molecule has 0 aliphatic carbocycles. The lowest BCUT2D eigenvalue weighted by Crippen LogP contribution is -2.11. The van der Waals surface area contributed by atoms with Crippen LogP contribution in [0.1, 0.15) is 27.8 Å².